The Balaban J connectivity index is 2.38. The summed E-state index contributed by atoms with van der Waals surface area (Å²) in [6, 6.07) is 0. The van der Waals surface area contributed by atoms with Gasteiger partial charge in [-0.25, -0.2) is 0 Å². The van der Waals surface area contributed by atoms with E-state index >= 15 is 0 Å². The zero-order valence-corrected chi connectivity index (χ0v) is 8.16. The maximum Gasteiger partial charge on any atom is 0.0818 e. The van der Waals surface area contributed by atoms with E-state index in [1.54, 1.807) is 0 Å². The molecule has 0 radical (unpaired) electrons. The molecule has 2 heteroatoms. The van der Waals surface area contributed by atoms with Crippen molar-refractivity contribution in [2.45, 2.75) is 50.5 Å². The molecule has 1 fully saturated rings. The van der Waals surface area contributed by atoms with Gasteiger partial charge in [-0.2, -0.15) is 0 Å². The van der Waals surface area contributed by atoms with Crippen LogP contribution in [0, 0.1) is 0 Å². The molecular weight excluding hydrogens is 160 g/mol. The second kappa shape index (κ2) is 3.77. The van der Waals surface area contributed by atoms with Crippen LogP contribution in [0.25, 0.3) is 0 Å². The Morgan fingerprint density at radius 1 is 1.64 bits per heavy atom. The predicted molar refractivity (Wildman–Crippen MR) is 48.1 cm³/mol. The third-order valence-electron chi connectivity index (χ3n) is 2.49. The Hall–Kier alpha value is 0.250. The molecule has 1 rings (SSSR count). The highest BCUT2D eigenvalue weighted by atomic mass is 35.5. The van der Waals surface area contributed by atoms with Crippen molar-refractivity contribution in [2.24, 2.45) is 0 Å². The highest BCUT2D eigenvalue weighted by Crippen LogP contribution is 2.34. The number of unbranched alkanes of at least 4 members (excludes halogenated alkanes) is 1. The fourth-order valence-corrected chi connectivity index (χ4v) is 1.81. The van der Waals surface area contributed by atoms with Gasteiger partial charge in [0.25, 0.3) is 0 Å². The van der Waals surface area contributed by atoms with E-state index in [1.165, 1.54) is 12.8 Å². The summed E-state index contributed by atoms with van der Waals surface area (Å²) in [7, 11) is 0. The zero-order valence-electron chi connectivity index (χ0n) is 7.40. The fourth-order valence-electron chi connectivity index (χ4n) is 1.55. The van der Waals surface area contributed by atoms with Crippen molar-refractivity contribution < 1.29 is 4.74 Å². The molecule has 0 aromatic heterocycles. The van der Waals surface area contributed by atoms with Crippen LogP contribution >= 0.6 is 11.6 Å². The molecule has 1 nitrogen and oxygen atoms in total. The molecule has 0 spiro atoms. The van der Waals surface area contributed by atoms with Gasteiger partial charge in [-0.1, -0.05) is 19.8 Å². The lowest BCUT2D eigenvalue weighted by Crippen LogP contribution is -2.32. The average Bonchev–Trinajstić information content (AvgIpc) is 2.30. The zero-order chi connectivity index (χ0) is 8.32. The minimum atomic E-state index is -0.0302. The summed E-state index contributed by atoms with van der Waals surface area (Å²) in [5, 5.41) is 0.231. The Bertz CT molecular complexity index is 127. The van der Waals surface area contributed by atoms with Crippen LogP contribution in [0.4, 0.5) is 0 Å². The minimum Gasteiger partial charge on any atom is -0.374 e. The molecule has 0 aromatic carbocycles. The molecule has 0 saturated carbocycles. The van der Waals surface area contributed by atoms with Gasteiger partial charge in [-0.05, 0) is 19.8 Å². The number of hydrogen-bond acceptors (Lipinski definition) is 1. The maximum absolute atomic E-state index is 6.13. The number of alkyl halides is 1. The van der Waals surface area contributed by atoms with Crippen molar-refractivity contribution in [3.8, 4) is 0 Å². The van der Waals surface area contributed by atoms with Crippen LogP contribution in [0.15, 0.2) is 0 Å². The highest BCUT2D eigenvalue weighted by Gasteiger charge is 2.37. The summed E-state index contributed by atoms with van der Waals surface area (Å²) >= 11 is 6.13. The van der Waals surface area contributed by atoms with Gasteiger partial charge in [-0.15, -0.1) is 11.6 Å². The molecule has 1 aliphatic rings. The van der Waals surface area contributed by atoms with E-state index in [9.17, 15) is 0 Å². The molecule has 0 aliphatic carbocycles. The van der Waals surface area contributed by atoms with E-state index in [-0.39, 0.29) is 11.0 Å². The lowest BCUT2D eigenvalue weighted by atomic mass is 9.95. The van der Waals surface area contributed by atoms with Crippen LogP contribution in [0.5, 0.6) is 0 Å². The van der Waals surface area contributed by atoms with Crippen molar-refractivity contribution in [2.75, 3.05) is 6.61 Å². The molecule has 11 heavy (non-hydrogen) atoms. The van der Waals surface area contributed by atoms with E-state index in [0.717, 1.165) is 19.4 Å². The van der Waals surface area contributed by atoms with Crippen LogP contribution in [-0.2, 0) is 4.74 Å². The summed E-state index contributed by atoms with van der Waals surface area (Å²) in [5.74, 6) is 0. The number of rotatable bonds is 3. The van der Waals surface area contributed by atoms with Crippen molar-refractivity contribution in [1.29, 1.82) is 0 Å². The monoisotopic (exact) mass is 176 g/mol. The normalized spacial score (nSPS) is 37.9. The smallest absolute Gasteiger partial charge is 0.0818 e. The van der Waals surface area contributed by atoms with Gasteiger partial charge in [0.05, 0.1) is 11.0 Å². The molecular formula is C9H17ClO. The first kappa shape index (κ1) is 9.34. The molecule has 1 aliphatic heterocycles. The molecule has 2 unspecified atom stereocenters. The fraction of sp³-hybridized carbons (Fsp3) is 1.00. The summed E-state index contributed by atoms with van der Waals surface area (Å²) in [4.78, 5) is 0. The van der Waals surface area contributed by atoms with Crippen LogP contribution in [0.3, 0.4) is 0 Å². The van der Waals surface area contributed by atoms with E-state index in [2.05, 4.69) is 13.8 Å². The standard InChI is InChI=1S/C9H17ClO/c1-3-4-6-9(2)8(10)5-7-11-9/h8H,3-7H2,1-2H3. The Labute approximate surface area is 74.1 Å². The maximum atomic E-state index is 6.13. The van der Waals surface area contributed by atoms with Gasteiger partial charge in [0, 0.05) is 6.61 Å². The second-order valence-corrected chi connectivity index (χ2v) is 4.05. The first-order valence-electron chi connectivity index (χ1n) is 4.47. The van der Waals surface area contributed by atoms with Gasteiger partial charge in [0.2, 0.25) is 0 Å². The lowest BCUT2D eigenvalue weighted by Gasteiger charge is -2.26. The lowest BCUT2D eigenvalue weighted by molar-refractivity contribution is 0.0135. The SMILES string of the molecule is CCCCC1(C)OCCC1Cl. The number of ether oxygens (including phenoxy) is 1. The van der Waals surface area contributed by atoms with E-state index < -0.39 is 0 Å². The summed E-state index contributed by atoms with van der Waals surface area (Å²) in [6.07, 6.45) is 4.57. The Kier molecular flexibility index (Phi) is 3.20. The van der Waals surface area contributed by atoms with Crippen molar-refractivity contribution in [3.05, 3.63) is 0 Å². The summed E-state index contributed by atoms with van der Waals surface area (Å²) in [5.41, 5.74) is -0.0302. The third kappa shape index (κ3) is 2.09. The molecule has 1 saturated heterocycles. The quantitative estimate of drug-likeness (QED) is 0.601. The predicted octanol–water partition coefficient (Wildman–Crippen LogP) is 2.96. The molecule has 0 amide bonds. The van der Waals surface area contributed by atoms with Crippen molar-refractivity contribution in [3.63, 3.8) is 0 Å². The molecule has 66 valence electrons. The second-order valence-electron chi connectivity index (χ2n) is 3.52. The number of hydrogen-bond donors (Lipinski definition) is 0. The number of halogens is 1. The minimum absolute atomic E-state index is 0.0302. The van der Waals surface area contributed by atoms with Crippen molar-refractivity contribution >= 4 is 11.6 Å². The Morgan fingerprint density at radius 2 is 2.36 bits per heavy atom. The van der Waals surface area contributed by atoms with E-state index in [0.29, 0.717) is 0 Å². The van der Waals surface area contributed by atoms with Crippen LogP contribution in [-0.4, -0.2) is 17.6 Å². The topological polar surface area (TPSA) is 9.23 Å². The van der Waals surface area contributed by atoms with Gasteiger partial charge < -0.3 is 4.74 Å². The Morgan fingerprint density at radius 3 is 2.82 bits per heavy atom. The summed E-state index contributed by atoms with van der Waals surface area (Å²) in [6.45, 7) is 5.17. The van der Waals surface area contributed by atoms with Crippen LogP contribution in [0.1, 0.15) is 39.5 Å². The first-order chi connectivity index (χ1) is 5.19. The van der Waals surface area contributed by atoms with Crippen LogP contribution in [0.2, 0.25) is 0 Å². The first-order valence-corrected chi connectivity index (χ1v) is 4.91. The third-order valence-corrected chi connectivity index (χ3v) is 3.17. The van der Waals surface area contributed by atoms with Crippen molar-refractivity contribution in [1.82, 2.24) is 0 Å². The molecule has 0 aromatic rings. The van der Waals surface area contributed by atoms with Gasteiger partial charge in [-0.3, -0.25) is 0 Å². The summed E-state index contributed by atoms with van der Waals surface area (Å²) < 4.78 is 5.62. The molecule has 1 heterocycles. The highest BCUT2D eigenvalue weighted by molar-refractivity contribution is 6.21. The van der Waals surface area contributed by atoms with Crippen LogP contribution < -0.4 is 0 Å². The molecule has 0 N–H and O–H groups in total. The van der Waals surface area contributed by atoms with Gasteiger partial charge >= 0.3 is 0 Å². The van der Waals surface area contributed by atoms with Gasteiger partial charge in [0.15, 0.2) is 0 Å². The average molecular weight is 177 g/mol. The van der Waals surface area contributed by atoms with E-state index in [1.807, 2.05) is 0 Å². The van der Waals surface area contributed by atoms with Gasteiger partial charge in [0.1, 0.15) is 0 Å². The van der Waals surface area contributed by atoms with E-state index in [4.69, 9.17) is 16.3 Å². The molecule has 2 atom stereocenters. The molecule has 0 bridgehead atoms. The largest absolute Gasteiger partial charge is 0.374 e.